The number of hydrogen-bond acceptors (Lipinski definition) is 3. The van der Waals surface area contributed by atoms with Gasteiger partial charge in [0.15, 0.2) is 0 Å². The molecule has 0 unspecified atom stereocenters. The van der Waals surface area contributed by atoms with Crippen LogP contribution in [0, 0.1) is 0 Å². The smallest absolute Gasteiger partial charge is 0.386 e. The Morgan fingerprint density at radius 2 is 1.46 bits per heavy atom. The molecule has 13 heavy (non-hydrogen) atoms. The van der Waals surface area contributed by atoms with E-state index < -0.39 is 20.1 Å². The molecule has 0 aromatic carbocycles. The molecule has 7 heteroatoms. The summed E-state index contributed by atoms with van der Waals surface area (Å²) in [7, 11) is -1.23. The van der Waals surface area contributed by atoms with Gasteiger partial charge in [-0.2, -0.15) is 13.2 Å². The summed E-state index contributed by atoms with van der Waals surface area (Å²) >= 11 is 0. The first kappa shape index (κ1) is 12.7. The van der Waals surface area contributed by atoms with Gasteiger partial charge in [0.2, 0.25) is 0 Å². The Morgan fingerprint density at radius 3 is 1.77 bits per heavy atom. The molecular weight excluding hydrogens is 188 g/mol. The van der Waals surface area contributed by atoms with E-state index in [9.17, 15) is 13.2 Å². The van der Waals surface area contributed by atoms with Crippen LogP contribution >= 0.6 is 0 Å². The Hall–Kier alpha value is -0.265. The molecule has 0 saturated heterocycles. The van der Waals surface area contributed by atoms with Gasteiger partial charge in [-0.05, 0) is 13.8 Å². The first-order valence-electron chi connectivity index (χ1n) is 3.91. The molecule has 0 aliphatic heterocycles. The van der Waals surface area contributed by atoms with Crippen molar-refractivity contribution in [2.75, 3.05) is 19.8 Å². The highest BCUT2D eigenvalue weighted by atomic mass is 19.4. The molecule has 0 fully saturated rings. The first-order chi connectivity index (χ1) is 5.99. The van der Waals surface area contributed by atoms with Crippen LogP contribution in [0.25, 0.3) is 0 Å². The van der Waals surface area contributed by atoms with Crippen LogP contribution in [0.3, 0.4) is 0 Å². The summed E-state index contributed by atoms with van der Waals surface area (Å²) in [6, 6.07) is 0. The monoisotopic (exact) mass is 200 g/mol. The Morgan fingerprint density at radius 1 is 1.00 bits per heavy atom. The average Bonchev–Trinajstić information content (AvgIpc) is 2.00. The van der Waals surface area contributed by atoms with Crippen LogP contribution in [-0.4, -0.2) is 33.3 Å². The maximum absolute atomic E-state index is 11.7. The molecule has 78 valence electrons. The van der Waals surface area contributed by atoms with Gasteiger partial charge < -0.3 is 14.0 Å². The van der Waals surface area contributed by atoms with E-state index in [-0.39, 0.29) is 13.2 Å². The minimum atomic E-state index is -4.35. The summed E-state index contributed by atoms with van der Waals surface area (Å²) in [6.45, 7) is 2.40. The topological polar surface area (TPSA) is 27.7 Å². The van der Waals surface area contributed by atoms with Crippen LogP contribution in [0.1, 0.15) is 13.8 Å². The molecular formula is C6H12BF3O3. The maximum Gasteiger partial charge on any atom is 0.639 e. The summed E-state index contributed by atoms with van der Waals surface area (Å²) in [5.74, 6) is 0. The molecule has 0 heterocycles. The standard InChI is InChI=1S/C6H12BF3O3/c1-3-11-7(12-4-2)13-5-6(8,9)10/h3-5H2,1-2H3. The van der Waals surface area contributed by atoms with Crippen molar-refractivity contribution in [3.63, 3.8) is 0 Å². The normalized spacial score (nSPS) is 11.8. The van der Waals surface area contributed by atoms with Crippen LogP contribution in [0.15, 0.2) is 0 Å². The molecule has 3 nitrogen and oxygen atoms in total. The fraction of sp³-hybridized carbons (Fsp3) is 1.00. The Kier molecular flexibility index (Phi) is 6.10. The van der Waals surface area contributed by atoms with E-state index in [0.29, 0.717) is 0 Å². The zero-order chi connectivity index (χ0) is 10.3. The third kappa shape index (κ3) is 8.08. The number of hydrogen-bond donors (Lipinski definition) is 0. The minimum absolute atomic E-state index is 0.239. The van der Waals surface area contributed by atoms with E-state index in [4.69, 9.17) is 9.31 Å². The SMILES string of the molecule is CCOB(OCC)OCC(F)(F)F. The fourth-order valence-electron chi connectivity index (χ4n) is 0.579. The molecule has 0 spiro atoms. The van der Waals surface area contributed by atoms with Crippen molar-refractivity contribution in [1.29, 1.82) is 0 Å². The average molecular weight is 200 g/mol. The lowest BCUT2D eigenvalue weighted by molar-refractivity contribution is -0.161. The molecule has 0 bridgehead atoms. The van der Waals surface area contributed by atoms with Gasteiger partial charge in [0.25, 0.3) is 0 Å². The van der Waals surface area contributed by atoms with Crippen molar-refractivity contribution in [2.45, 2.75) is 20.0 Å². The first-order valence-corrected chi connectivity index (χ1v) is 3.91. The van der Waals surface area contributed by atoms with Crippen molar-refractivity contribution >= 4 is 7.32 Å². The lowest BCUT2D eigenvalue weighted by Gasteiger charge is -2.13. The van der Waals surface area contributed by atoms with Crippen LogP contribution in [-0.2, 0) is 14.0 Å². The third-order valence-corrected chi connectivity index (χ3v) is 0.989. The highest BCUT2D eigenvalue weighted by molar-refractivity contribution is 6.36. The minimum Gasteiger partial charge on any atom is -0.386 e. The lowest BCUT2D eigenvalue weighted by Crippen LogP contribution is -2.32. The third-order valence-electron chi connectivity index (χ3n) is 0.989. The van der Waals surface area contributed by atoms with Gasteiger partial charge >= 0.3 is 13.5 Å². The molecule has 0 radical (unpaired) electrons. The van der Waals surface area contributed by atoms with E-state index in [1.54, 1.807) is 13.8 Å². The Balaban J connectivity index is 3.68. The van der Waals surface area contributed by atoms with E-state index in [2.05, 4.69) is 4.65 Å². The zero-order valence-corrected chi connectivity index (χ0v) is 7.56. The fourth-order valence-corrected chi connectivity index (χ4v) is 0.579. The Labute approximate surface area is 75.3 Å². The molecule has 0 atom stereocenters. The summed E-state index contributed by atoms with van der Waals surface area (Å²) in [4.78, 5) is 0. The quantitative estimate of drug-likeness (QED) is 0.609. The van der Waals surface area contributed by atoms with Crippen molar-refractivity contribution in [3.05, 3.63) is 0 Å². The van der Waals surface area contributed by atoms with E-state index >= 15 is 0 Å². The van der Waals surface area contributed by atoms with Gasteiger partial charge in [-0.1, -0.05) is 0 Å². The van der Waals surface area contributed by atoms with Gasteiger partial charge in [-0.15, -0.1) is 0 Å². The summed E-state index contributed by atoms with van der Waals surface area (Å²) in [5, 5.41) is 0. The van der Waals surface area contributed by atoms with E-state index in [1.807, 2.05) is 0 Å². The van der Waals surface area contributed by atoms with Crippen molar-refractivity contribution in [2.24, 2.45) is 0 Å². The predicted octanol–water partition coefficient (Wildman–Crippen LogP) is 1.62. The molecule has 0 saturated carbocycles. The molecule has 0 rings (SSSR count). The zero-order valence-electron chi connectivity index (χ0n) is 7.56. The van der Waals surface area contributed by atoms with Gasteiger partial charge in [-0.25, -0.2) is 0 Å². The lowest BCUT2D eigenvalue weighted by atomic mass is 10.2. The van der Waals surface area contributed by atoms with Gasteiger partial charge in [0, 0.05) is 13.2 Å². The van der Waals surface area contributed by atoms with E-state index in [0.717, 1.165) is 0 Å². The number of rotatable bonds is 6. The van der Waals surface area contributed by atoms with Crippen molar-refractivity contribution < 1.29 is 27.1 Å². The molecule has 0 aromatic rings. The number of alkyl halides is 3. The van der Waals surface area contributed by atoms with Gasteiger partial charge in [0.1, 0.15) is 6.61 Å². The molecule has 0 aliphatic rings. The summed E-state index contributed by atoms with van der Waals surface area (Å²) in [6.07, 6.45) is -4.35. The summed E-state index contributed by atoms with van der Waals surface area (Å²) < 4.78 is 48.8. The molecule has 0 N–H and O–H groups in total. The molecule has 0 aliphatic carbocycles. The molecule has 0 aromatic heterocycles. The second-order valence-corrected chi connectivity index (χ2v) is 2.13. The second-order valence-electron chi connectivity index (χ2n) is 2.13. The second kappa shape index (κ2) is 6.23. The van der Waals surface area contributed by atoms with E-state index in [1.165, 1.54) is 0 Å². The highest BCUT2D eigenvalue weighted by Crippen LogP contribution is 2.15. The summed E-state index contributed by atoms with van der Waals surface area (Å²) in [5.41, 5.74) is 0. The van der Waals surface area contributed by atoms with Crippen molar-refractivity contribution in [1.82, 2.24) is 0 Å². The predicted molar refractivity (Wildman–Crippen MR) is 41.0 cm³/mol. The van der Waals surface area contributed by atoms with Crippen molar-refractivity contribution in [3.8, 4) is 0 Å². The maximum atomic E-state index is 11.7. The van der Waals surface area contributed by atoms with Crippen LogP contribution in [0.4, 0.5) is 13.2 Å². The van der Waals surface area contributed by atoms with Gasteiger partial charge in [-0.3, -0.25) is 0 Å². The van der Waals surface area contributed by atoms with Crippen LogP contribution in [0.2, 0.25) is 0 Å². The van der Waals surface area contributed by atoms with Gasteiger partial charge in [0.05, 0.1) is 0 Å². The highest BCUT2D eigenvalue weighted by Gasteiger charge is 2.32. The Bertz CT molecular complexity index is 125. The van der Waals surface area contributed by atoms with Crippen LogP contribution in [0.5, 0.6) is 0 Å². The molecule has 0 amide bonds. The largest absolute Gasteiger partial charge is 0.639 e. The van der Waals surface area contributed by atoms with Crippen LogP contribution < -0.4 is 0 Å². The number of halogens is 3.